The fourth-order valence-corrected chi connectivity index (χ4v) is 4.74. The molecule has 0 saturated heterocycles. The van der Waals surface area contributed by atoms with Gasteiger partial charge in [0.2, 0.25) is 0 Å². The lowest BCUT2D eigenvalue weighted by molar-refractivity contribution is 0.103. The summed E-state index contributed by atoms with van der Waals surface area (Å²) in [5.74, 6) is -0.621. The average Bonchev–Trinajstić information content (AvgIpc) is 3.09. The van der Waals surface area contributed by atoms with Gasteiger partial charge in [-0.15, -0.1) is 15.2 Å². The topological polar surface area (TPSA) is 109 Å². The molecule has 0 aliphatic heterocycles. The minimum atomic E-state index is -4.84. The summed E-state index contributed by atoms with van der Waals surface area (Å²) in [6.07, 6.45) is 0. The molecule has 2 N–H and O–H groups in total. The number of halogens is 2. The molecule has 2 aromatic carbocycles. The Morgan fingerprint density at radius 2 is 1.48 bits per heavy atom. The summed E-state index contributed by atoms with van der Waals surface area (Å²) in [4.78, 5) is 12.0. The number of amides is 1. The maximum Gasteiger partial charge on any atom is 0.332 e. The number of nitrogens with one attached hydrogen (secondary N) is 2. The molecule has 0 fully saturated rings. The van der Waals surface area contributed by atoms with Crippen molar-refractivity contribution in [2.24, 2.45) is 0 Å². The van der Waals surface area contributed by atoms with Gasteiger partial charge in [0, 0.05) is 10.7 Å². The fourth-order valence-electron chi connectivity index (χ4n) is 2.27. The standard InChI is InChI=1S/C17H12ClFN2O5S3/c18-11-1-5-14(6-2-11)29(25,26)21-15-9-10-27-16(15)17(22)20-12-3-7-13(8-4-12)28(19,23)24/h1-10,21H,(H,20,22). The second-order valence-electron chi connectivity index (χ2n) is 5.64. The Hall–Kier alpha value is -2.47. The third kappa shape index (κ3) is 5.12. The smallest absolute Gasteiger partial charge is 0.321 e. The summed E-state index contributed by atoms with van der Waals surface area (Å²) in [7, 11) is -8.78. The van der Waals surface area contributed by atoms with Crippen molar-refractivity contribution in [3.63, 3.8) is 0 Å². The van der Waals surface area contributed by atoms with Gasteiger partial charge in [-0.25, -0.2) is 8.42 Å². The Labute approximate surface area is 175 Å². The van der Waals surface area contributed by atoms with Gasteiger partial charge in [-0.05, 0) is 60.0 Å². The lowest BCUT2D eigenvalue weighted by atomic mass is 10.3. The number of benzene rings is 2. The van der Waals surface area contributed by atoms with E-state index in [1.807, 2.05) is 0 Å². The second-order valence-corrected chi connectivity index (χ2v) is 10.0. The average molecular weight is 475 g/mol. The third-order valence-corrected chi connectivity index (χ3v) is 7.02. The zero-order valence-electron chi connectivity index (χ0n) is 14.3. The van der Waals surface area contributed by atoms with Gasteiger partial charge in [0.25, 0.3) is 15.9 Å². The van der Waals surface area contributed by atoms with Crippen LogP contribution in [-0.4, -0.2) is 22.7 Å². The van der Waals surface area contributed by atoms with E-state index in [1.165, 1.54) is 47.8 Å². The Bertz CT molecular complexity index is 1260. The number of anilines is 2. The van der Waals surface area contributed by atoms with Crippen LogP contribution in [0.25, 0.3) is 0 Å². The number of sulfonamides is 1. The van der Waals surface area contributed by atoms with Crippen LogP contribution >= 0.6 is 22.9 Å². The van der Waals surface area contributed by atoms with E-state index in [4.69, 9.17) is 11.6 Å². The highest BCUT2D eigenvalue weighted by Crippen LogP contribution is 2.27. The zero-order chi connectivity index (χ0) is 21.2. The first kappa shape index (κ1) is 21.2. The van der Waals surface area contributed by atoms with Crippen LogP contribution in [0.5, 0.6) is 0 Å². The molecule has 29 heavy (non-hydrogen) atoms. The lowest BCUT2D eigenvalue weighted by Crippen LogP contribution is -2.17. The molecule has 0 bridgehead atoms. The summed E-state index contributed by atoms with van der Waals surface area (Å²) in [6.45, 7) is 0. The highest BCUT2D eigenvalue weighted by Gasteiger charge is 2.20. The second kappa shape index (κ2) is 8.11. The van der Waals surface area contributed by atoms with Gasteiger partial charge in [0.05, 0.1) is 15.5 Å². The summed E-state index contributed by atoms with van der Waals surface area (Å²) in [5, 5.41) is 4.41. The largest absolute Gasteiger partial charge is 0.332 e. The first-order valence-corrected chi connectivity index (χ1v) is 11.9. The van der Waals surface area contributed by atoms with Gasteiger partial charge in [0.1, 0.15) is 4.88 Å². The van der Waals surface area contributed by atoms with Crippen molar-refractivity contribution < 1.29 is 25.5 Å². The molecule has 3 rings (SSSR count). The molecular weight excluding hydrogens is 463 g/mol. The quantitative estimate of drug-likeness (QED) is 0.522. The minimum Gasteiger partial charge on any atom is -0.321 e. The van der Waals surface area contributed by atoms with Gasteiger partial charge >= 0.3 is 10.2 Å². The number of rotatable bonds is 6. The van der Waals surface area contributed by atoms with Crippen molar-refractivity contribution in [2.45, 2.75) is 9.79 Å². The molecule has 1 amide bonds. The third-order valence-electron chi connectivity index (χ3n) is 3.63. The van der Waals surface area contributed by atoms with Crippen molar-refractivity contribution >= 4 is 60.5 Å². The molecule has 1 heterocycles. The Morgan fingerprint density at radius 1 is 0.897 bits per heavy atom. The molecule has 0 saturated carbocycles. The number of hydrogen-bond acceptors (Lipinski definition) is 6. The van der Waals surface area contributed by atoms with E-state index in [0.29, 0.717) is 5.02 Å². The maximum atomic E-state index is 12.9. The van der Waals surface area contributed by atoms with E-state index in [-0.39, 0.29) is 21.1 Å². The molecule has 0 atom stereocenters. The van der Waals surface area contributed by atoms with E-state index in [1.54, 1.807) is 0 Å². The molecule has 0 radical (unpaired) electrons. The monoisotopic (exact) mass is 474 g/mol. The zero-order valence-corrected chi connectivity index (χ0v) is 17.5. The van der Waals surface area contributed by atoms with E-state index in [9.17, 15) is 25.5 Å². The van der Waals surface area contributed by atoms with Crippen LogP contribution < -0.4 is 10.0 Å². The van der Waals surface area contributed by atoms with Crippen LogP contribution in [0.15, 0.2) is 69.8 Å². The predicted molar refractivity (Wildman–Crippen MR) is 109 cm³/mol. The van der Waals surface area contributed by atoms with Crippen LogP contribution in [0.1, 0.15) is 9.67 Å². The molecule has 152 valence electrons. The van der Waals surface area contributed by atoms with Crippen molar-refractivity contribution in [3.05, 3.63) is 69.9 Å². The van der Waals surface area contributed by atoms with Gasteiger partial charge < -0.3 is 5.32 Å². The molecule has 0 spiro atoms. The van der Waals surface area contributed by atoms with Crippen molar-refractivity contribution in [2.75, 3.05) is 10.0 Å². The maximum absolute atomic E-state index is 12.9. The highest BCUT2D eigenvalue weighted by molar-refractivity contribution is 7.92. The number of carbonyl (C=O) groups is 1. The Kier molecular flexibility index (Phi) is 5.94. The van der Waals surface area contributed by atoms with E-state index >= 15 is 0 Å². The lowest BCUT2D eigenvalue weighted by Gasteiger charge is -2.10. The van der Waals surface area contributed by atoms with E-state index < -0.39 is 31.0 Å². The first-order valence-electron chi connectivity index (χ1n) is 7.78. The van der Waals surface area contributed by atoms with Crippen LogP contribution in [0.4, 0.5) is 15.3 Å². The molecule has 0 unspecified atom stereocenters. The SMILES string of the molecule is O=C(Nc1ccc(S(=O)(=O)F)cc1)c1sccc1NS(=O)(=O)c1ccc(Cl)cc1. The van der Waals surface area contributed by atoms with Gasteiger partial charge in [0.15, 0.2) is 0 Å². The summed E-state index contributed by atoms with van der Waals surface area (Å²) < 4.78 is 62.0. The van der Waals surface area contributed by atoms with Gasteiger partial charge in [-0.2, -0.15) is 8.42 Å². The molecule has 1 aromatic heterocycles. The van der Waals surface area contributed by atoms with Gasteiger partial charge in [-0.3, -0.25) is 9.52 Å². The first-order chi connectivity index (χ1) is 13.6. The molecule has 3 aromatic rings. The van der Waals surface area contributed by atoms with Crippen LogP contribution in [0.2, 0.25) is 5.02 Å². The summed E-state index contributed by atoms with van der Waals surface area (Å²) in [5.41, 5.74) is 0.285. The van der Waals surface area contributed by atoms with Crippen molar-refractivity contribution in [3.8, 4) is 0 Å². The molecule has 7 nitrogen and oxygen atoms in total. The van der Waals surface area contributed by atoms with Crippen LogP contribution in [0, 0.1) is 0 Å². The Balaban J connectivity index is 1.79. The fraction of sp³-hybridized carbons (Fsp3) is 0. The van der Waals surface area contributed by atoms with Crippen molar-refractivity contribution in [1.82, 2.24) is 0 Å². The summed E-state index contributed by atoms with van der Waals surface area (Å²) >= 11 is 6.77. The molecule has 12 heteroatoms. The van der Waals surface area contributed by atoms with Crippen molar-refractivity contribution in [1.29, 1.82) is 0 Å². The van der Waals surface area contributed by atoms with Crippen LogP contribution in [0.3, 0.4) is 0 Å². The number of thiophene rings is 1. The number of hydrogen-bond donors (Lipinski definition) is 2. The van der Waals surface area contributed by atoms with Crippen LogP contribution in [-0.2, 0) is 20.2 Å². The van der Waals surface area contributed by atoms with E-state index in [0.717, 1.165) is 23.5 Å². The minimum absolute atomic E-state index is 0.0255. The summed E-state index contributed by atoms with van der Waals surface area (Å²) in [6, 6.07) is 11.4. The van der Waals surface area contributed by atoms with E-state index in [2.05, 4.69) is 10.0 Å². The molecular formula is C17H12ClFN2O5S3. The molecule has 0 aliphatic rings. The number of carbonyl (C=O) groups excluding carboxylic acids is 1. The Morgan fingerprint density at radius 3 is 2.07 bits per heavy atom. The normalized spacial score (nSPS) is 11.8. The highest BCUT2D eigenvalue weighted by atomic mass is 35.5. The molecule has 0 aliphatic carbocycles. The van der Waals surface area contributed by atoms with Gasteiger partial charge in [-0.1, -0.05) is 11.6 Å². The predicted octanol–water partition coefficient (Wildman–Crippen LogP) is 4.11.